The van der Waals surface area contributed by atoms with E-state index in [1.54, 1.807) is 0 Å². The van der Waals surface area contributed by atoms with Crippen LogP contribution in [0.5, 0.6) is 0 Å². The summed E-state index contributed by atoms with van der Waals surface area (Å²) in [6.45, 7) is 0. The van der Waals surface area contributed by atoms with Crippen LogP contribution in [0.3, 0.4) is 0 Å². The number of carbonyl (C=O) groups excluding carboxylic acids is 1. The minimum Gasteiger partial charge on any atom is -0.396 e. The van der Waals surface area contributed by atoms with Gasteiger partial charge in [-0.3, -0.25) is 0 Å². The lowest BCUT2D eigenvalue weighted by molar-refractivity contribution is -0.0943. The number of rotatable bonds is 4. The molecule has 0 N–H and O–H groups in total. The molecule has 11 heteroatoms. The Hall–Kier alpha value is -0.910. The fourth-order valence-electron chi connectivity index (χ4n) is 0.641. The molecule has 0 bridgehead atoms. The Bertz CT molecular complexity index is 316. The van der Waals surface area contributed by atoms with Crippen molar-refractivity contribution in [3.63, 3.8) is 0 Å². The summed E-state index contributed by atoms with van der Waals surface area (Å²) in [5.74, 6) is 0. The maximum Gasteiger partial charge on any atom is 0.513 e. The van der Waals surface area contributed by atoms with Gasteiger partial charge in [-0.2, -0.15) is 0 Å². The third kappa shape index (κ3) is 3.10. The van der Waals surface area contributed by atoms with Gasteiger partial charge in [-0.05, 0) is 0 Å². The molecular formula is C3H4O9S2. The second-order valence-corrected chi connectivity index (χ2v) is 3.20. The number of carbonyl (C=O) groups is 1. The van der Waals surface area contributed by atoms with E-state index in [0.29, 0.717) is 0 Å². The first-order chi connectivity index (χ1) is 6.49. The monoisotopic (exact) mass is 248 g/mol. The van der Waals surface area contributed by atoms with Crippen LogP contribution in [0.25, 0.3) is 0 Å². The van der Waals surface area contributed by atoms with Gasteiger partial charge in [0.25, 0.3) is 34.6 Å². The summed E-state index contributed by atoms with van der Waals surface area (Å²) in [6, 6.07) is 0. The lowest BCUT2D eigenvalue weighted by Gasteiger charge is -2.08. The molecule has 1 fully saturated rings. The predicted molar refractivity (Wildman–Crippen MR) is 37.9 cm³/mol. The van der Waals surface area contributed by atoms with Crippen molar-refractivity contribution in [3.05, 3.63) is 0 Å². The van der Waals surface area contributed by atoms with Crippen LogP contribution in [-0.2, 0) is 39.8 Å². The predicted octanol–water partition coefficient (Wildman–Crippen LogP) is -2.11. The van der Waals surface area contributed by atoms with Gasteiger partial charge in [-0.15, -0.1) is 0 Å². The number of thiol groups is 2. The maximum absolute atomic E-state index is 10.4. The van der Waals surface area contributed by atoms with E-state index in [-0.39, 0.29) is 0 Å². The lowest BCUT2D eigenvalue weighted by Crippen LogP contribution is -2.27. The van der Waals surface area contributed by atoms with Crippen molar-refractivity contribution in [1.29, 1.82) is 0 Å². The van der Waals surface area contributed by atoms with E-state index < -0.39 is 40.7 Å². The zero-order valence-electron chi connectivity index (χ0n) is 6.22. The van der Waals surface area contributed by atoms with Crippen molar-refractivity contribution in [2.24, 2.45) is 0 Å². The molecule has 2 unspecified atom stereocenters. The molecule has 82 valence electrons. The molecule has 1 saturated heterocycles. The van der Waals surface area contributed by atoms with Gasteiger partial charge in [0, 0.05) is 0 Å². The fraction of sp³-hybridized carbons (Fsp3) is 0.667. The van der Waals surface area contributed by atoms with Crippen LogP contribution in [0.4, 0.5) is 4.79 Å². The van der Waals surface area contributed by atoms with Crippen LogP contribution in [0, 0.1) is 0 Å². The first-order valence-electron chi connectivity index (χ1n) is 2.98. The highest BCUT2D eigenvalue weighted by Crippen LogP contribution is 2.17. The van der Waals surface area contributed by atoms with Crippen LogP contribution in [-0.4, -0.2) is 35.6 Å². The topological polar surface area (TPSA) is 122 Å². The molecule has 1 rings (SSSR count). The smallest absolute Gasteiger partial charge is 0.396 e. The summed E-state index contributed by atoms with van der Waals surface area (Å²) < 4.78 is 56.4. The average Bonchev–Trinajstić information content (AvgIpc) is 2.28. The molecule has 0 amide bonds. The van der Waals surface area contributed by atoms with Gasteiger partial charge in [0.2, 0.25) is 0 Å². The van der Waals surface area contributed by atoms with Gasteiger partial charge in [0.1, 0.15) is 0 Å². The van der Waals surface area contributed by atoms with Crippen LogP contribution in [0.1, 0.15) is 0 Å². The highest BCUT2D eigenvalue weighted by Gasteiger charge is 2.40. The standard InChI is InChI=1S/C3H4O9S2/c4-3-9-1(11-13(5)6)2(10-3)12-14(7)8/h1-2,13-14H. The molecule has 1 aliphatic rings. The quantitative estimate of drug-likeness (QED) is 0.425. The highest BCUT2D eigenvalue weighted by molar-refractivity contribution is 7.67. The second-order valence-electron chi connectivity index (χ2n) is 1.88. The molecular weight excluding hydrogens is 244 g/mol. The molecule has 2 atom stereocenters. The highest BCUT2D eigenvalue weighted by atomic mass is 32.2. The summed E-state index contributed by atoms with van der Waals surface area (Å²) in [4.78, 5) is 10.4. The first-order valence-corrected chi connectivity index (χ1v) is 5.17. The molecule has 0 saturated carbocycles. The summed E-state index contributed by atoms with van der Waals surface area (Å²) in [5.41, 5.74) is 0. The van der Waals surface area contributed by atoms with Crippen LogP contribution in [0.2, 0.25) is 0 Å². The Morgan fingerprint density at radius 2 is 1.29 bits per heavy atom. The molecule has 1 aliphatic heterocycles. The SMILES string of the molecule is O=C1OC(O[SH](=O)=O)C(O[SH](=O)=O)O1. The van der Waals surface area contributed by atoms with Gasteiger partial charge < -0.3 is 9.47 Å². The van der Waals surface area contributed by atoms with Crippen molar-refractivity contribution in [2.45, 2.75) is 12.6 Å². The fourth-order valence-corrected chi connectivity index (χ4v) is 1.26. The molecule has 0 spiro atoms. The largest absolute Gasteiger partial charge is 0.513 e. The van der Waals surface area contributed by atoms with E-state index in [9.17, 15) is 21.6 Å². The third-order valence-electron chi connectivity index (χ3n) is 1.03. The van der Waals surface area contributed by atoms with Crippen molar-refractivity contribution < 1.29 is 39.5 Å². The summed E-state index contributed by atoms with van der Waals surface area (Å²) in [6.07, 6.45) is -4.76. The summed E-state index contributed by atoms with van der Waals surface area (Å²) in [7, 11) is -6.63. The van der Waals surface area contributed by atoms with Gasteiger partial charge in [-0.1, -0.05) is 0 Å². The molecule has 1 heterocycles. The van der Waals surface area contributed by atoms with E-state index in [1.807, 2.05) is 0 Å². The van der Waals surface area contributed by atoms with E-state index in [4.69, 9.17) is 0 Å². The van der Waals surface area contributed by atoms with Crippen molar-refractivity contribution in [3.8, 4) is 0 Å². The zero-order valence-corrected chi connectivity index (χ0v) is 8.01. The normalized spacial score (nSPS) is 26.6. The van der Waals surface area contributed by atoms with Crippen LogP contribution in [0.15, 0.2) is 0 Å². The molecule has 14 heavy (non-hydrogen) atoms. The Balaban J connectivity index is 2.66. The summed E-state index contributed by atoms with van der Waals surface area (Å²) >= 11 is 0. The van der Waals surface area contributed by atoms with Gasteiger partial charge in [0.15, 0.2) is 0 Å². The van der Waals surface area contributed by atoms with Crippen molar-refractivity contribution in [1.82, 2.24) is 0 Å². The van der Waals surface area contributed by atoms with Crippen molar-refractivity contribution >= 4 is 28.1 Å². The van der Waals surface area contributed by atoms with Gasteiger partial charge in [0.05, 0.1) is 0 Å². The number of ether oxygens (including phenoxy) is 2. The second kappa shape index (κ2) is 4.54. The minimum absolute atomic E-state index is 1.28. The number of cyclic esters (lactones) is 2. The number of hydrogen-bond acceptors (Lipinski definition) is 9. The Morgan fingerprint density at radius 3 is 1.57 bits per heavy atom. The minimum atomic E-state index is -3.32. The molecule has 0 aromatic heterocycles. The average molecular weight is 248 g/mol. The van der Waals surface area contributed by atoms with E-state index in [2.05, 4.69) is 17.8 Å². The van der Waals surface area contributed by atoms with Gasteiger partial charge in [-0.25, -0.2) is 30.0 Å². The zero-order chi connectivity index (χ0) is 10.7. The van der Waals surface area contributed by atoms with Crippen molar-refractivity contribution in [2.75, 3.05) is 0 Å². The van der Waals surface area contributed by atoms with E-state index >= 15 is 0 Å². The molecule has 0 radical (unpaired) electrons. The van der Waals surface area contributed by atoms with E-state index in [0.717, 1.165) is 0 Å². The first kappa shape index (κ1) is 11.2. The van der Waals surface area contributed by atoms with Crippen LogP contribution >= 0.6 is 0 Å². The van der Waals surface area contributed by atoms with E-state index in [1.165, 1.54) is 0 Å². The molecule has 0 aromatic carbocycles. The Morgan fingerprint density at radius 1 is 0.929 bits per heavy atom. The Labute approximate surface area is 80.8 Å². The summed E-state index contributed by atoms with van der Waals surface area (Å²) in [5, 5.41) is 0. The maximum atomic E-state index is 10.4. The molecule has 0 aromatic rings. The molecule has 9 nitrogen and oxygen atoms in total. The Kier molecular flexibility index (Phi) is 3.62. The molecule has 0 aliphatic carbocycles. The van der Waals surface area contributed by atoms with Crippen LogP contribution < -0.4 is 0 Å². The number of hydrogen-bond donors (Lipinski definition) is 2. The van der Waals surface area contributed by atoms with Gasteiger partial charge >= 0.3 is 6.16 Å². The third-order valence-corrected chi connectivity index (χ3v) is 1.79. The lowest BCUT2D eigenvalue weighted by atomic mass is 10.6.